The van der Waals surface area contributed by atoms with E-state index in [0.29, 0.717) is 18.0 Å². The lowest BCUT2D eigenvalue weighted by atomic mass is 9.98. The van der Waals surface area contributed by atoms with Gasteiger partial charge in [0.1, 0.15) is 5.75 Å². The minimum atomic E-state index is -0.0401. The van der Waals surface area contributed by atoms with Crippen molar-refractivity contribution in [2.45, 2.75) is 12.8 Å². The third-order valence-corrected chi connectivity index (χ3v) is 5.31. The summed E-state index contributed by atoms with van der Waals surface area (Å²) >= 11 is 6.50. The van der Waals surface area contributed by atoms with Gasteiger partial charge in [-0.25, -0.2) is 0 Å². The fourth-order valence-electron chi connectivity index (χ4n) is 3.57. The van der Waals surface area contributed by atoms with Crippen LogP contribution in [0.5, 0.6) is 5.75 Å². The lowest BCUT2D eigenvalue weighted by molar-refractivity contribution is -0.120. The standard InChI is InChI=1S/C21H20ClN3O2/c1-27-18-4-2-3-14(10-18)9-16-7-8-25(21(16)26)20-6-5-15(11-19(20)22)17-12-23-24-13-17/h2-6,10-13,16H,7-9H2,1H3,(H,23,24). The number of nitrogens with one attached hydrogen (secondary N) is 1. The number of rotatable bonds is 5. The number of carbonyl (C=O) groups is 1. The molecule has 1 amide bonds. The van der Waals surface area contributed by atoms with Crippen LogP contribution in [0.25, 0.3) is 11.1 Å². The Bertz CT molecular complexity index is 956. The Balaban J connectivity index is 1.51. The molecule has 0 bridgehead atoms. The van der Waals surface area contributed by atoms with Crippen LogP contribution in [-0.2, 0) is 11.2 Å². The van der Waals surface area contributed by atoms with E-state index >= 15 is 0 Å². The first kappa shape index (κ1) is 17.6. The highest BCUT2D eigenvalue weighted by atomic mass is 35.5. The molecule has 0 aliphatic carbocycles. The van der Waals surface area contributed by atoms with E-state index in [0.717, 1.165) is 34.5 Å². The second-order valence-electron chi connectivity index (χ2n) is 6.68. The third-order valence-electron chi connectivity index (χ3n) is 5.00. The van der Waals surface area contributed by atoms with Crippen LogP contribution in [0.1, 0.15) is 12.0 Å². The molecule has 1 aliphatic heterocycles. The van der Waals surface area contributed by atoms with E-state index in [1.165, 1.54) is 0 Å². The van der Waals surface area contributed by atoms with Gasteiger partial charge in [-0.2, -0.15) is 5.10 Å². The molecule has 3 aromatic rings. The van der Waals surface area contributed by atoms with Crippen molar-refractivity contribution in [3.05, 3.63) is 65.4 Å². The number of aromatic nitrogens is 2. The number of benzene rings is 2. The number of hydrogen-bond acceptors (Lipinski definition) is 3. The maximum atomic E-state index is 13.0. The summed E-state index contributed by atoms with van der Waals surface area (Å²) < 4.78 is 5.27. The normalized spacial score (nSPS) is 16.7. The van der Waals surface area contributed by atoms with Gasteiger partial charge in [-0.05, 0) is 48.2 Å². The average molecular weight is 382 g/mol. The second-order valence-corrected chi connectivity index (χ2v) is 7.09. The summed E-state index contributed by atoms with van der Waals surface area (Å²) in [4.78, 5) is 14.7. The third kappa shape index (κ3) is 3.55. The topological polar surface area (TPSA) is 58.2 Å². The van der Waals surface area contributed by atoms with Crippen molar-refractivity contribution in [3.8, 4) is 16.9 Å². The first-order valence-corrected chi connectivity index (χ1v) is 9.26. The van der Waals surface area contributed by atoms with Gasteiger partial charge < -0.3 is 9.64 Å². The van der Waals surface area contributed by atoms with Crippen molar-refractivity contribution >= 4 is 23.2 Å². The monoisotopic (exact) mass is 381 g/mol. The number of methoxy groups -OCH3 is 1. The van der Waals surface area contributed by atoms with Crippen LogP contribution < -0.4 is 9.64 Å². The van der Waals surface area contributed by atoms with E-state index in [4.69, 9.17) is 16.3 Å². The molecular weight excluding hydrogens is 362 g/mol. The molecule has 1 N–H and O–H groups in total. The molecular formula is C21H20ClN3O2. The molecule has 27 heavy (non-hydrogen) atoms. The number of hydrogen-bond donors (Lipinski definition) is 1. The maximum Gasteiger partial charge on any atom is 0.230 e. The smallest absolute Gasteiger partial charge is 0.230 e. The van der Waals surface area contributed by atoms with Crippen molar-refractivity contribution in [1.29, 1.82) is 0 Å². The largest absolute Gasteiger partial charge is 0.497 e. The van der Waals surface area contributed by atoms with Gasteiger partial charge in [-0.3, -0.25) is 9.89 Å². The fraction of sp³-hybridized carbons (Fsp3) is 0.238. The number of halogens is 1. The number of amides is 1. The van der Waals surface area contributed by atoms with Crippen LogP contribution in [0.3, 0.4) is 0 Å². The average Bonchev–Trinajstić information content (AvgIpc) is 3.33. The molecule has 1 atom stereocenters. The highest BCUT2D eigenvalue weighted by Gasteiger charge is 2.33. The highest BCUT2D eigenvalue weighted by Crippen LogP contribution is 2.35. The van der Waals surface area contributed by atoms with Crippen molar-refractivity contribution in [1.82, 2.24) is 10.2 Å². The van der Waals surface area contributed by atoms with Crippen LogP contribution in [0, 0.1) is 5.92 Å². The van der Waals surface area contributed by atoms with Crippen LogP contribution >= 0.6 is 11.6 Å². The molecule has 1 aliphatic rings. The molecule has 1 aromatic heterocycles. The van der Waals surface area contributed by atoms with Gasteiger partial charge in [0.25, 0.3) is 0 Å². The van der Waals surface area contributed by atoms with E-state index in [1.54, 1.807) is 18.2 Å². The second kappa shape index (κ2) is 7.45. The SMILES string of the molecule is COc1cccc(CC2CCN(c3ccc(-c4cn[nH]c4)cc3Cl)C2=O)c1. The molecule has 2 aromatic carbocycles. The van der Waals surface area contributed by atoms with Crippen LogP contribution in [0.2, 0.25) is 5.02 Å². The lowest BCUT2D eigenvalue weighted by Crippen LogP contribution is -2.28. The van der Waals surface area contributed by atoms with E-state index in [-0.39, 0.29) is 11.8 Å². The molecule has 0 saturated carbocycles. The quantitative estimate of drug-likeness (QED) is 0.715. The number of aromatic amines is 1. The van der Waals surface area contributed by atoms with E-state index < -0.39 is 0 Å². The number of ether oxygens (including phenoxy) is 1. The van der Waals surface area contributed by atoms with Crippen molar-refractivity contribution < 1.29 is 9.53 Å². The van der Waals surface area contributed by atoms with Crippen LogP contribution in [0.4, 0.5) is 5.69 Å². The lowest BCUT2D eigenvalue weighted by Gasteiger charge is -2.19. The van der Waals surface area contributed by atoms with Crippen molar-refractivity contribution in [2.24, 2.45) is 5.92 Å². The molecule has 4 rings (SSSR count). The van der Waals surface area contributed by atoms with Crippen molar-refractivity contribution in [3.63, 3.8) is 0 Å². The highest BCUT2D eigenvalue weighted by molar-refractivity contribution is 6.34. The van der Waals surface area contributed by atoms with Gasteiger partial charge in [0.15, 0.2) is 0 Å². The molecule has 1 fully saturated rings. The summed E-state index contributed by atoms with van der Waals surface area (Å²) in [5.74, 6) is 0.894. The van der Waals surface area contributed by atoms with E-state index in [2.05, 4.69) is 10.2 Å². The van der Waals surface area contributed by atoms with Gasteiger partial charge in [-0.15, -0.1) is 0 Å². The summed E-state index contributed by atoms with van der Waals surface area (Å²) in [6, 6.07) is 13.6. The fourth-order valence-corrected chi connectivity index (χ4v) is 3.85. The minimum Gasteiger partial charge on any atom is -0.497 e. The maximum absolute atomic E-state index is 13.0. The minimum absolute atomic E-state index is 0.0401. The predicted octanol–water partition coefficient (Wildman–Crippen LogP) is 4.33. The van der Waals surface area contributed by atoms with Gasteiger partial charge in [0.05, 0.1) is 24.0 Å². The Labute approximate surface area is 162 Å². The van der Waals surface area contributed by atoms with E-state index in [1.807, 2.05) is 48.7 Å². The van der Waals surface area contributed by atoms with Gasteiger partial charge >= 0.3 is 0 Å². The van der Waals surface area contributed by atoms with Crippen LogP contribution in [-0.4, -0.2) is 29.8 Å². The zero-order valence-corrected chi connectivity index (χ0v) is 15.7. The number of H-pyrrole nitrogens is 1. The van der Waals surface area contributed by atoms with Gasteiger partial charge in [-0.1, -0.05) is 29.8 Å². The zero-order chi connectivity index (χ0) is 18.8. The Hall–Kier alpha value is -2.79. The first-order chi connectivity index (χ1) is 13.2. The summed E-state index contributed by atoms with van der Waals surface area (Å²) in [7, 11) is 1.65. The molecule has 0 spiro atoms. The first-order valence-electron chi connectivity index (χ1n) is 8.88. The summed E-state index contributed by atoms with van der Waals surface area (Å²) in [6.45, 7) is 0.679. The Morgan fingerprint density at radius 2 is 2.15 bits per heavy atom. The Kier molecular flexibility index (Phi) is 4.86. The van der Waals surface area contributed by atoms with Crippen LogP contribution in [0.15, 0.2) is 54.9 Å². The number of anilines is 1. The summed E-state index contributed by atoms with van der Waals surface area (Å²) in [6.07, 6.45) is 5.08. The zero-order valence-electron chi connectivity index (χ0n) is 15.0. The molecule has 5 nitrogen and oxygen atoms in total. The molecule has 1 saturated heterocycles. The molecule has 138 valence electrons. The Morgan fingerprint density at radius 3 is 2.89 bits per heavy atom. The predicted molar refractivity (Wildman–Crippen MR) is 106 cm³/mol. The molecule has 0 radical (unpaired) electrons. The summed E-state index contributed by atoms with van der Waals surface area (Å²) in [5.41, 5.74) is 3.81. The summed E-state index contributed by atoms with van der Waals surface area (Å²) in [5, 5.41) is 7.33. The van der Waals surface area contributed by atoms with Gasteiger partial charge in [0.2, 0.25) is 5.91 Å². The number of nitrogens with zero attached hydrogens (tertiary/aromatic N) is 2. The molecule has 2 heterocycles. The molecule has 1 unspecified atom stereocenters. The van der Waals surface area contributed by atoms with E-state index in [9.17, 15) is 4.79 Å². The van der Waals surface area contributed by atoms with Gasteiger partial charge in [0, 0.05) is 24.2 Å². The van der Waals surface area contributed by atoms with Crippen molar-refractivity contribution in [2.75, 3.05) is 18.6 Å². The number of carbonyl (C=O) groups excluding carboxylic acids is 1. The Morgan fingerprint density at radius 1 is 1.26 bits per heavy atom. The molecule has 6 heteroatoms.